The Morgan fingerprint density at radius 2 is 1.74 bits per heavy atom. The van der Waals surface area contributed by atoms with Gasteiger partial charge in [-0.1, -0.05) is 18.2 Å². The zero-order chi connectivity index (χ0) is 22.1. The molecule has 31 heavy (non-hydrogen) atoms. The van der Waals surface area contributed by atoms with Crippen molar-refractivity contribution in [2.24, 2.45) is 4.99 Å². The Labute approximate surface area is 201 Å². The smallest absolute Gasteiger partial charge is 0.239 e. The standard InChI is InChI=1S/C23H31FN4O2.HI/c1-16(2)30-19-12-10-18(11-13-19)27-22(26-15-21(29)28-23(3,4)5)25-14-17-8-6-7-9-20(17)24;/h6-13,16H,14-15H2,1-5H3,(H,28,29)(H2,25,26,27);1H. The number of guanidine groups is 1. The number of hydrogen-bond donors (Lipinski definition) is 3. The van der Waals surface area contributed by atoms with Gasteiger partial charge in [0.15, 0.2) is 5.96 Å². The van der Waals surface area contributed by atoms with Gasteiger partial charge in [-0.05, 0) is 65.0 Å². The van der Waals surface area contributed by atoms with Crippen LogP contribution in [0.25, 0.3) is 0 Å². The SMILES string of the molecule is CC(C)Oc1ccc(NC(=NCc2ccccc2F)NCC(=O)NC(C)(C)C)cc1.I. The van der Waals surface area contributed by atoms with Crippen molar-refractivity contribution in [3.05, 3.63) is 59.9 Å². The van der Waals surface area contributed by atoms with Gasteiger partial charge in [-0.15, -0.1) is 24.0 Å². The first-order valence-electron chi connectivity index (χ1n) is 9.99. The minimum atomic E-state index is -0.330. The average Bonchev–Trinajstić information content (AvgIpc) is 2.64. The summed E-state index contributed by atoms with van der Waals surface area (Å²) < 4.78 is 19.6. The largest absolute Gasteiger partial charge is 0.491 e. The zero-order valence-electron chi connectivity index (χ0n) is 18.7. The van der Waals surface area contributed by atoms with Crippen LogP contribution in [0.15, 0.2) is 53.5 Å². The zero-order valence-corrected chi connectivity index (χ0v) is 21.0. The highest BCUT2D eigenvalue weighted by Gasteiger charge is 2.14. The minimum absolute atomic E-state index is 0. The van der Waals surface area contributed by atoms with Crippen molar-refractivity contribution in [2.75, 3.05) is 11.9 Å². The van der Waals surface area contributed by atoms with E-state index in [0.29, 0.717) is 11.5 Å². The van der Waals surface area contributed by atoms with Crippen LogP contribution in [0.1, 0.15) is 40.2 Å². The molecule has 2 aromatic rings. The Hall–Kier alpha value is -2.36. The molecule has 0 bridgehead atoms. The molecule has 0 aliphatic carbocycles. The van der Waals surface area contributed by atoms with Gasteiger partial charge in [-0.25, -0.2) is 9.38 Å². The number of amides is 1. The van der Waals surface area contributed by atoms with E-state index in [4.69, 9.17) is 4.74 Å². The Morgan fingerprint density at radius 1 is 1.10 bits per heavy atom. The summed E-state index contributed by atoms with van der Waals surface area (Å²) in [6, 6.07) is 13.9. The van der Waals surface area contributed by atoms with Crippen molar-refractivity contribution in [3.8, 4) is 5.75 Å². The normalized spacial score (nSPS) is 11.5. The van der Waals surface area contributed by atoms with E-state index in [1.165, 1.54) is 6.07 Å². The molecule has 0 aliphatic heterocycles. The minimum Gasteiger partial charge on any atom is -0.491 e. The van der Waals surface area contributed by atoms with E-state index >= 15 is 0 Å². The molecule has 8 heteroatoms. The third kappa shape index (κ3) is 10.5. The van der Waals surface area contributed by atoms with Crippen LogP contribution in [0, 0.1) is 5.82 Å². The number of nitrogens with one attached hydrogen (secondary N) is 3. The highest BCUT2D eigenvalue weighted by Crippen LogP contribution is 2.17. The summed E-state index contributed by atoms with van der Waals surface area (Å²) in [6.07, 6.45) is 0.0877. The molecule has 0 spiro atoms. The Morgan fingerprint density at radius 3 is 2.32 bits per heavy atom. The van der Waals surface area contributed by atoms with Crippen molar-refractivity contribution in [2.45, 2.75) is 52.8 Å². The maximum Gasteiger partial charge on any atom is 0.239 e. The van der Waals surface area contributed by atoms with Crippen molar-refractivity contribution in [3.63, 3.8) is 0 Å². The fraction of sp³-hybridized carbons (Fsp3) is 0.391. The van der Waals surface area contributed by atoms with E-state index in [2.05, 4.69) is 20.9 Å². The van der Waals surface area contributed by atoms with Crippen LogP contribution < -0.4 is 20.7 Å². The predicted octanol–water partition coefficient (Wildman–Crippen LogP) is 4.70. The number of halogens is 2. The summed E-state index contributed by atoms with van der Waals surface area (Å²) in [7, 11) is 0. The molecule has 2 aromatic carbocycles. The van der Waals surface area contributed by atoms with Crippen LogP contribution in [0.5, 0.6) is 5.75 Å². The topological polar surface area (TPSA) is 74.8 Å². The number of anilines is 1. The van der Waals surface area contributed by atoms with Gasteiger partial charge in [0.2, 0.25) is 5.91 Å². The van der Waals surface area contributed by atoms with Crippen molar-refractivity contribution >= 4 is 41.5 Å². The molecule has 2 rings (SSSR count). The lowest BCUT2D eigenvalue weighted by Crippen LogP contribution is -2.46. The molecule has 0 aliphatic rings. The predicted molar refractivity (Wildman–Crippen MR) is 135 cm³/mol. The molecule has 0 atom stereocenters. The Balaban J connectivity index is 0.00000480. The molecule has 0 saturated heterocycles. The summed E-state index contributed by atoms with van der Waals surface area (Å²) in [5, 5.41) is 9.03. The summed E-state index contributed by atoms with van der Waals surface area (Å²) in [5.41, 5.74) is 0.906. The number of carbonyl (C=O) groups is 1. The molecule has 0 radical (unpaired) electrons. The van der Waals surface area contributed by atoms with Gasteiger partial charge in [-0.2, -0.15) is 0 Å². The second-order valence-corrected chi connectivity index (χ2v) is 8.22. The van der Waals surface area contributed by atoms with E-state index in [1.54, 1.807) is 18.2 Å². The second-order valence-electron chi connectivity index (χ2n) is 8.22. The fourth-order valence-corrected chi connectivity index (χ4v) is 2.58. The second kappa shape index (κ2) is 12.5. The molecule has 170 valence electrons. The molecule has 1 amide bonds. The number of carbonyl (C=O) groups excluding carboxylic acids is 1. The first-order valence-corrected chi connectivity index (χ1v) is 9.99. The van der Waals surface area contributed by atoms with Crippen LogP contribution in [0.4, 0.5) is 10.1 Å². The van der Waals surface area contributed by atoms with Crippen LogP contribution in [-0.4, -0.2) is 30.1 Å². The van der Waals surface area contributed by atoms with Crippen LogP contribution in [0.3, 0.4) is 0 Å². The molecule has 0 fully saturated rings. The van der Waals surface area contributed by atoms with Gasteiger partial charge in [0.25, 0.3) is 0 Å². The molecule has 0 saturated carbocycles. The maximum absolute atomic E-state index is 13.9. The first-order chi connectivity index (χ1) is 14.1. The van der Waals surface area contributed by atoms with E-state index < -0.39 is 0 Å². The maximum atomic E-state index is 13.9. The van der Waals surface area contributed by atoms with Gasteiger partial charge in [0, 0.05) is 16.8 Å². The molecular formula is C23H32FIN4O2. The van der Waals surface area contributed by atoms with E-state index in [1.807, 2.05) is 58.9 Å². The van der Waals surface area contributed by atoms with Crippen molar-refractivity contribution in [1.82, 2.24) is 10.6 Å². The van der Waals surface area contributed by atoms with E-state index in [9.17, 15) is 9.18 Å². The number of benzene rings is 2. The Kier molecular flexibility index (Phi) is 10.7. The lowest BCUT2D eigenvalue weighted by atomic mass is 10.1. The highest BCUT2D eigenvalue weighted by molar-refractivity contribution is 14.0. The summed E-state index contributed by atoms with van der Waals surface area (Å²) in [5.74, 6) is 0.655. The molecule has 3 N–H and O–H groups in total. The third-order valence-electron chi connectivity index (χ3n) is 3.79. The van der Waals surface area contributed by atoms with Gasteiger partial charge in [-0.3, -0.25) is 4.79 Å². The summed E-state index contributed by atoms with van der Waals surface area (Å²) >= 11 is 0. The van der Waals surface area contributed by atoms with Crippen LogP contribution >= 0.6 is 24.0 Å². The summed E-state index contributed by atoms with van der Waals surface area (Å²) in [6.45, 7) is 9.84. The van der Waals surface area contributed by atoms with Gasteiger partial charge in [0.05, 0.1) is 19.2 Å². The molecular weight excluding hydrogens is 510 g/mol. The Bertz CT molecular complexity index is 865. The van der Waals surface area contributed by atoms with Crippen LogP contribution in [-0.2, 0) is 11.3 Å². The van der Waals surface area contributed by atoms with E-state index in [0.717, 1.165) is 11.4 Å². The molecule has 0 heterocycles. The monoisotopic (exact) mass is 542 g/mol. The molecule has 0 unspecified atom stereocenters. The number of nitrogens with zero attached hydrogens (tertiary/aromatic N) is 1. The highest BCUT2D eigenvalue weighted by atomic mass is 127. The lowest BCUT2D eigenvalue weighted by molar-refractivity contribution is -0.121. The van der Waals surface area contributed by atoms with Gasteiger partial charge >= 0.3 is 0 Å². The molecule has 6 nitrogen and oxygen atoms in total. The lowest BCUT2D eigenvalue weighted by Gasteiger charge is -2.21. The summed E-state index contributed by atoms with van der Waals surface area (Å²) in [4.78, 5) is 16.6. The molecule has 0 aromatic heterocycles. The average molecular weight is 542 g/mol. The number of hydrogen-bond acceptors (Lipinski definition) is 3. The quantitative estimate of drug-likeness (QED) is 0.270. The van der Waals surface area contributed by atoms with Gasteiger partial charge < -0.3 is 20.7 Å². The fourth-order valence-electron chi connectivity index (χ4n) is 2.58. The number of ether oxygens (including phenoxy) is 1. The van der Waals surface area contributed by atoms with Crippen molar-refractivity contribution in [1.29, 1.82) is 0 Å². The van der Waals surface area contributed by atoms with Crippen molar-refractivity contribution < 1.29 is 13.9 Å². The third-order valence-corrected chi connectivity index (χ3v) is 3.79. The van der Waals surface area contributed by atoms with Crippen LogP contribution in [0.2, 0.25) is 0 Å². The number of rotatable bonds is 7. The first kappa shape index (κ1) is 26.7. The number of aliphatic imine (C=N–C) groups is 1. The van der Waals surface area contributed by atoms with Gasteiger partial charge in [0.1, 0.15) is 11.6 Å². The van der Waals surface area contributed by atoms with E-state index in [-0.39, 0.29) is 60.4 Å².